The molecule has 2 heterocycles. The molecule has 4 nitrogen and oxygen atoms in total. The lowest BCUT2D eigenvalue weighted by molar-refractivity contribution is -0.120. The Balaban J connectivity index is 1.53. The van der Waals surface area contributed by atoms with E-state index in [0.29, 0.717) is 6.54 Å². The van der Waals surface area contributed by atoms with Crippen LogP contribution in [0.3, 0.4) is 0 Å². The van der Waals surface area contributed by atoms with Crippen LogP contribution in [0.4, 0.5) is 5.69 Å². The summed E-state index contributed by atoms with van der Waals surface area (Å²) in [5, 5.41) is 1.14. The van der Waals surface area contributed by atoms with E-state index < -0.39 is 0 Å². The highest BCUT2D eigenvalue weighted by Crippen LogP contribution is 2.35. The largest absolute Gasteiger partial charge is 0.314 e. The molecule has 1 aliphatic heterocycles. The minimum Gasteiger partial charge on any atom is -0.314 e. The zero-order valence-corrected chi connectivity index (χ0v) is 15.8. The highest BCUT2D eigenvalue weighted by Gasteiger charge is 2.29. The molecule has 1 atom stereocenters. The first-order chi connectivity index (χ1) is 12.7. The summed E-state index contributed by atoms with van der Waals surface area (Å²) in [5.41, 5.74) is 2.00. The smallest absolute Gasteiger partial charge is 0.240 e. The molecule has 0 aliphatic carbocycles. The van der Waals surface area contributed by atoms with Crippen LogP contribution in [0.5, 0.6) is 0 Å². The van der Waals surface area contributed by atoms with Crippen LogP contribution in [0.25, 0.3) is 10.2 Å². The van der Waals surface area contributed by atoms with Crippen molar-refractivity contribution < 1.29 is 4.79 Å². The number of thiazole rings is 1. The van der Waals surface area contributed by atoms with Crippen LogP contribution in [0, 0.1) is 0 Å². The minimum absolute atomic E-state index is 0.129. The maximum atomic E-state index is 12.8. The first-order valence-electron chi connectivity index (χ1n) is 9.13. The average molecular weight is 366 g/mol. The number of anilines is 1. The molecule has 1 fully saturated rings. The zero-order chi connectivity index (χ0) is 17.9. The van der Waals surface area contributed by atoms with E-state index in [2.05, 4.69) is 23.1 Å². The van der Waals surface area contributed by atoms with Gasteiger partial charge in [0.15, 0.2) is 0 Å². The second kappa shape index (κ2) is 7.56. The molecule has 1 saturated heterocycles. The molecule has 0 saturated carbocycles. The first kappa shape index (κ1) is 17.2. The molecule has 0 bridgehead atoms. The zero-order valence-electron chi connectivity index (χ0n) is 15.0. The molecule has 1 amide bonds. The minimum atomic E-state index is 0.129. The predicted octanol–water partition coefficient (Wildman–Crippen LogP) is 4.49. The van der Waals surface area contributed by atoms with E-state index in [1.807, 2.05) is 43.4 Å². The molecule has 0 unspecified atom stereocenters. The van der Waals surface area contributed by atoms with Crippen molar-refractivity contribution in [3.8, 4) is 0 Å². The Hall–Kier alpha value is -2.24. The van der Waals surface area contributed by atoms with Crippen molar-refractivity contribution in [3.63, 3.8) is 0 Å². The van der Waals surface area contributed by atoms with Gasteiger partial charge in [-0.2, -0.15) is 0 Å². The fraction of sp³-hybridized carbons (Fsp3) is 0.333. The van der Waals surface area contributed by atoms with Crippen molar-refractivity contribution >= 4 is 33.1 Å². The highest BCUT2D eigenvalue weighted by atomic mass is 32.1. The van der Waals surface area contributed by atoms with Crippen LogP contribution in [0.1, 0.15) is 30.3 Å². The molecule has 5 heteroatoms. The van der Waals surface area contributed by atoms with E-state index in [1.165, 1.54) is 11.1 Å². The average Bonchev–Trinajstić information content (AvgIpc) is 3.12. The van der Waals surface area contributed by atoms with Crippen molar-refractivity contribution in [2.24, 2.45) is 0 Å². The molecule has 2 aromatic carbocycles. The molecule has 0 N–H and O–H groups in total. The summed E-state index contributed by atoms with van der Waals surface area (Å²) < 4.78 is 1.22. The van der Waals surface area contributed by atoms with Gasteiger partial charge in [0.2, 0.25) is 5.91 Å². The number of carbonyl (C=O) groups excluding carboxylic acids is 1. The Bertz CT molecular complexity index is 859. The van der Waals surface area contributed by atoms with Gasteiger partial charge in [-0.05, 0) is 43.7 Å². The summed E-state index contributed by atoms with van der Waals surface area (Å²) in [6, 6.07) is 18.4. The van der Waals surface area contributed by atoms with Gasteiger partial charge in [-0.25, -0.2) is 4.98 Å². The third-order valence-corrected chi connectivity index (χ3v) is 6.20. The van der Waals surface area contributed by atoms with Gasteiger partial charge >= 0.3 is 0 Å². The number of rotatable bonds is 4. The Morgan fingerprint density at radius 3 is 2.73 bits per heavy atom. The fourth-order valence-corrected chi connectivity index (χ4v) is 4.70. The van der Waals surface area contributed by atoms with E-state index in [4.69, 9.17) is 4.98 Å². The monoisotopic (exact) mass is 365 g/mol. The van der Waals surface area contributed by atoms with Gasteiger partial charge in [0, 0.05) is 12.7 Å². The summed E-state index contributed by atoms with van der Waals surface area (Å²) >= 11 is 1.76. The number of hydrogen-bond donors (Lipinski definition) is 0. The van der Waals surface area contributed by atoms with Gasteiger partial charge in [-0.3, -0.25) is 9.69 Å². The van der Waals surface area contributed by atoms with Crippen molar-refractivity contribution in [2.75, 3.05) is 25.0 Å². The van der Waals surface area contributed by atoms with Crippen LogP contribution < -0.4 is 4.90 Å². The van der Waals surface area contributed by atoms with Gasteiger partial charge in [0.1, 0.15) is 5.01 Å². The predicted molar refractivity (Wildman–Crippen MR) is 108 cm³/mol. The third-order valence-electron chi connectivity index (χ3n) is 5.07. The quantitative estimate of drug-likeness (QED) is 0.684. The molecular formula is C21H23N3OS. The van der Waals surface area contributed by atoms with E-state index in [-0.39, 0.29) is 11.9 Å². The summed E-state index contributed by atoms with van der Waals surface area (Å²) in [5.74, 6) is 0.129. The van der Waals surface area contributed by atoms with Crippen molar-refractivity contribution in [1.82, 2.24) is 9.88 Å². The SMILES string of the molecule is CN(C(=O)CN1CCCC[C@H]1c1nc2ccccc2s1)c1ccccc1. The maximum Gasteiger partial charge on any atom is 0.240 e. The summed E-state index contributed by atoms with van der Waals surface area (Å²) in [4.78, 5) is 21.7. The van der Waals surface area contributed by atoms with E-state index in [9.17, 15) is 4.79 Å². The third kappa shape index (κ3) is 3.50. The summed E-state index contributed by atoms with van der Waals surface area (Å²) in [7, 11) is 1.86. The second-order valence-corrected chi connectivity index (χ2v) is 7.85. The number of likely N-dealkylation sites (N-methyl/N-ethyl adjacent to an activating group) is 1. The summed E-state index contributed by atoms with van der Waals surface area (Å²) in [6.07, 6.45) is 3.41. The second-order valence-electron chi connectivity index (χ2n) is 6.79. The summed E-state index contributed by atoms with van der Waals surface area (Å²) in [6.45, 7) is 1.39. The van der Waals surface area contributed by atoms with Crippen LogP contribution >= 0.6 is 11.3 Å². The van der Waals surface area contributed by atoms with Gasteiger partial charge in [0.05, 0.1) is 22.8 Å². The number of benzene rings is 2. The molecule has 3 aromatic rings. The number of para-hydroxylation sites is 2. The maximum absolute atomic E-state index is 12.8. The lowest BCUT2D eigenvalue weighted by Crippen LogP contribution is -2.42. The molecular weight excluding hydrogens is 342 g/mol. The van der Waals surface area contributed by atoms with Gasteiger partial charge in [0.25, 0.3) is 0 Å². The van der Waals surface area contributed by atoms with Crippen molar-refractivity contribution in [3.05, 3.63) is 59.6 Å². The van der Waals surface area contributed by atoms with Gasteiger partial charge in [-0.15, -0.1) is 11.3 Å². The number of hydrogen-bond acceptors (Lipinski definition) is 4. The van der Waals surface area contributed by atoms with Gasteiger partial charge in [-0.1, -0.05) is 36.8 Å². The van der Waals surface area contributed by atoms with Crippen LogP contribution in [0.15, 0.2) is 54.6 Å². The van der Waals surface area contributed by atoms with Crippen molar-refractivity contribution in [2.45, 2.75) is 25.3 Å². The lowest BCUT2D eigenvalue weighted by atomic mass is 10.0. The molecule has 1 aromatic heterocycles. The molecule has 0 radical (unpaired) electrons. The molecule has 134 valence electrons. The Labute approximate surface area is 158 Å². The van der Waals surface area contributed by atoms with Crippen LogP contribution in [-0.4, -0.2) is 35.9 Å². The number of fused-ring (bicyclic) bond motifs is 1. The normalized spacial score (nSPS) is 18.1. The van der Waals surface area contributed by atoms with Gasteiger partial charge < -0.3 is 4.90 Å². The molecule has 1 aliphatic rings. The Morgan fingerprint density at radius 1 is 1.15 bits per heavy atom. The van der Waals surface area contributed by atoms with Crippen molar-refractivity contribution in [1.29, 1.82) is 0 Å². The molecule has 4 rings (SSSR count). The topological polar surface area (TPSA) is 36.4 Å². The standard InChI is InChI=1S/C21H23N3OS/c1-23(16-9-3-2-4-10-16)20(25)15-24-14-8-7-12-18(24)21-22-17-11-5-6-13-19(17)26-21/h2-6,9-11,13,18H,7-8,12,14-15H2,1H3/t18-/m0/s1. The Morgan fingerprint density at radius 2 is 1.92 bits per heavy atom. The van der Waals surface area contributed by atoms with Crippen LogP contribution in [-0.2, 0) is 4.79 Å². The van der Waals surface area contributed by atoms with Crippen LogP contribution in [0.2, 0.25) is 0 Å². The number of likely N-dealkylation sites (tertiary alicyclic amines) is 1. The van der Waals surface area contributed by atoms with E-state index >= 15 is 0 Å². The van der Waals surface area contributed by atoms with E-state index in [0.717, 1.165) is 35.6 Å². The van der Waals surface area contributed by atoms with E-state index in [1.54, 1.807) is 16.2 Å². The molecule has 0 spiro atoms. The Kier molecular flexibility index (Phi) is 5.00. The number of amides is 1. The fourth-order valence-electron chi connectivity index (χ4n) is 3.57. The molecule has 26 heavy (non-hydrogen) atoms. The first-order valence-corrected chi connectivity index (χ1v) is 9.95. The highest BCUT2D eigenvalue weighted by molar-refractivity contribution is 7.18. The lowest BCUT2D eigenvalue weighted by Gasteiger charge is -2.34. The number of nitrogens with zero attached hydrogens (tertiary/aromatic N) is 3. The number of aromatic nitrogens is 1. The number of piperidine rings is 1. The number of carbonyl (C=O) groups is 1.